The Morgan fingerprint density at radius 2 is 2.00 bits per heavy atom. The smallest absolute Gasteiger partial charge is 0.146 e. The summed E-state index contributed by atoms with van der Waals surface area (Å²) in [6.07, 6.45) is 0. The number of hydrogen-bond donors (Lipinski definition) is 2. The van der Waals surface area contributed by atoms with Crippen molar-refractivity contribution in [3.63, 3.8) is 0 Å². The van der Waals surface area contributed by atoms with E-state index in [9.17, 15) is 4.39 Å². The molecule has 0 unspecified atom stereocenters. The fraction of sp³-hybridized carbons (Fsp3) is 0.0769. The van der Waals surface area contributed by atoms with Crippen LogP contribution in [0.15, 0.2) is 40.9 Å². The number of nitrogen functional groups attached to an aromatic ring is 1. The maximum atomic E-state index is 13.6. The molecule has 0 amide bonds. The number of anilines is 3. The first-order chi connectivity index (χ1) is 8.08. The average Bonchev–Trinajstić information content (AvgIpc) is 2.26. The van der Waals surface area contributed by atoms with E-state index in [1.165, 1.54) is 6.07 Å². The monoisotopic (exact) mass is 294 g/mol. The Morgan fingerprint density at radius 1 is 1.24 bits per heavy atom. The minimum Gasteiger partial charge on any atom is -0.399 e. The van der Waals surface area contributed by atoms with Crippen LogP contribution < -0.4 is 11.1 Å². The quantitative estimate of drug-likeness (QED) is 0.814. The van der Waals surface area contributed by atoms with Crippen LogP contribution in [0.1, 0.15) is 5.56 Å². The van der Waals surface area contributed by atoms with Crippen LogP contribution in [0.25, 0.3) is 0 Å². The standard InChI is InChI=1S/C13H12BrFN2/c1-8-3-2-4-11(15)13(8)17-12-6-5-9(16)7-10(12)14/h2-7,17H,16H2,1H3. The predicted molar refractivity (Wildman–Crippen MR) is 73.0 cm³/mol. The fourth-order valence-corrected chi connectivity index (χ4v) is 2.05. The second-order valence-corrected chi connectivity index (χ2v) is 4.65. The van der Waals surface area contributed by atoms with Crippen molar-refractivity contribution < 1.29 is 4.39 Å². The summed E-state index contributed by atoms with van der Waals surface area (Å²) in [5, 5.41) is 3.06. The summed E-state index contributed by atoms with van der Waals surface area (Å²) >= 11 is 3.39. The van der Waals surface area contributed by atoms with Gasteiger partial charge in [-0.1, -0.05) is 12.1 Å². The summed E-state index contributed by atoms with van der Waals surface area (Å²) in [6.45, 7) is 1.86. The van der Waals surface area contributed by atoms with Gasteiger partial charge >= 0.3 is 0 Å². The Balaban J connectivity index is 2.38. The maximum absolute atomic E-state index is 13.6. The lowest BCUT2D eigenvalue weighted by atomic mass is 10.2. The fourth-order valence-electron chi connectivity index (χ4n) is 1.56. The van der Waals surface area contributed by atoms with E-state index in [0.717, 1.165) is 15.7 Å². The van der Waals surface area contributed by atoms with Crippen molar-refractivity contribution in [1.29, 1.82) is 0 Å². The van der Waals surface area contributed by atoms with Crippen LogP contribution in [-0.4, -0.2) is 0 Å². The molecule has 88 valence electrons. The molecule has 0 heterocycles. The number of aryl methyl sites for hydroxylation is 1. The van der Waals surface area contributed by atoms with E-state index in [1.807, 2.05) is 19.1 Å². The first-order valence-corrected chi connectivity index (χ1v) is 5.94. The largest absolute Gasteiger partial charge is 0.399 e. The topological polar surface area (TPSA) is 38.0 Å². The van der Waals surface area contributed by atoms with Gasteiger partial charge in [0.2, 0.25) is 0 Å². The van der Waals surface area contributed by atoms with Crippen LogP contribution in [0.2, 0.25) is 0 Å². The molecule has 2 nitrogen and oxygen atoms in total. The minimum absolute atomic E-state index is 0.270. The van der Waals surface area contributed by atoms with Gasteiger partial charge < -0.3 is 11.1 Å². The molecule has 0 aromatic heterocycles. The van der Waals surface area contributed by atoms with Crippen LogP contribution in [0.5, 0.6) is 0 Å². The Hall–Kier alpha value is -1.55. The molecule has 0 saturated carbocycles. The van der Waals surface area contributed by atoms with Crippen LogP contribution >= 0.6 is 15.9 Å². The summed E-state index contributed by atoms with van der Waals surface area (Å²) in [5.41, 5.74) is 8.43. The van der Waals surface area contributed by atoms with Gasteiger partial charge in [0.25, 0.3) is 0 Å². The van der Waals surface area contributed by atoms with Gasteiger partial charge in [0.1, 0.15) is 5.82 Å². The highest BCUT2D eigenvalue weighted by Crippen LogP contribution is 2.30. The Bertz CT molecular complexity index is 535. The van der Waals surface area contributed by atoms with Crippen molar-refractivity contribution in [1.82, 2.24) is 0 Å². The number of rotatable bonds is 2. The Kier molecular flexibility index (Phi) is 3.33. The third-order valence-electron chi connectivity index (χ3n) is 2.47. The summed E-state index contributed by atoms with van der Waals surface area (Å²) < 4.78 is 14.5. The average molecular weight is 295 g/mol. The molecule has 0 aliphatic heterocycles. The van der Waals surface area contributed by atoms with E-state index in [4.69, 9.17) is 5.73 Å². The first kappa shape index (κ1) is 11.9. The molecule has 2 aromatic carbocycles. The number of halogens is 2. The maximum Gasteiger partial charge on any atom is 0.146 e. The third-order valence-corrected chi connectivity index (χ3v) is 3.13. The van der Waals surface area contributed by atoms with Gasteiger partial charge in [-0.25, -0.2) is 4.39 Å². The van der Waals surface area contributed by atoms with Gasteiger partial charge in [-0.3, -0.25) is 0 Å². The van der Waals surface area contributed by atoms with Crippen molar-refractivity contribution in [2.45, 2.75) is 6.92 Å². The summed E-state index contributed by atoms with van der Waals surface area (Å²) in [4.78, 5) is 0. The van der Waals surface area contributed by atoms with E-state index in [-0.39, 0.29) is 5.82 Å². The van der Waals surface area contributed by atoms with Crippen molar-refractivity contribution in [3.05, 3.63) is 52.3 Å². The molecule has 0 fully saturated rings. The molecular formula is C13H12BrFN2. The third kappa shape index (κ3) is 2.58. The minimum atomic E-state index is -0.270. The second-order valence-electron chi connectivity index (χ2n) is 3.80. The van der Waals surface area contributed by atoms with E-state index in [0.29, 0.717) is 11.4 Å². The molecule has 0 bridgehead atoms. The van der Waals surface area contributed by atoms with Crippen LogP contribution in [0, 0.1) is 12.7 Å². The van der Waals surface area contributed by atoms with Gasteiger partial charge in [0.15, 0.2) is 0 Å². The van der Waals surface area contributed by atoms with Gasteiger partial charge in [-0.2, -0.15) is 0 Å². The Morgan fingerprint density at radius 3 is 2.65 bits per heavy atom. The summed E-state index contributed by atoms with van der Waals surface area (Å²) in [6, 6.07) is 10.3. The van der Waals surface area contributed by atoms with Crippen molar-refractivity contribution in [2.75, 3.05) is 11.1 Å². The number of benzene rings is 2. The number of para-hydroxylation sites is 1. The molecule has 3 N–H and O–H groups in total. The second kappa shape index (κ2) is 4.75. The first-order valence-electron chi connectivity index (χ1n) is 5.15. The van der Waals surface area contributed by atoms with E-state index in [1.54, 1.807) is 18.2 Å². The van der Waals surface area contributed by atoms with Crippen molar-refractivity contribution in [2.24, 2.45) is 0 Å². The molecule has 0 spiro atoms. The number of nitrogens with one attached hydrogen (secondary N) is 1. The zero-order chi connectivity index (χ0) is 12.4. The van der Waals surface area contributed by atoms with Gasteiger partial charge in [0.05, 0.1) is 11.4 Å². The lowest BCUT2D eigenvalue weighted by Gasteiger charge is -2.12. The number of nitrogens with two attached hydrogens (primary N) is 1. The zero-order valence-electron chi connectivity index (χ0n) is 9.30. The predicted octanol–water partition coefficient (Wildman–Crippen LogP) is 4.22. The van der Waals surface area contributed by atoms with Crippen LogP contribution in [0.3, 0.4) is 0 Å². The lowest BCUT2D eigenvalue weighted by molar-refractivity contribution is 0.631. The SMILES string of the molecule is Cc1cccc(F)c1Nc1ccc(N)cc1Br. The highest BCUT2D eigenvalue weighted by Gasteiger charge is 2.07. The van der Waals surface area contributed by atoms with Crippen LogP contribution in [0.4, 0.5) is 21.5 Å². The Labute approximate surface area is 108 Å². The lowest BCUT2D eigenvalue weighted by Crippen LogP contribution is -1.97. The normalized spacial score (nSPS) is 10.3. The van der Waals surface area contributed by atoms with E-state index < -0.39 is 0 Å². The molecule has 4 heteroatoms. The molecule has 0 aliphatic rings. The molecule has 0 radical (unpaired) electrons. The molecule has 2 aromatic rings. The van der Waals surface area contributed by atoms with Crippen LogP contribution in [-0.2, 0) is 0 Å². The van der Waals surface area contributed by atoms with Crippen molar-refractivity contribution in [3.8, 4) is 0 Å². The molecule has 17 heavy (non-hydrogen) atoms. The van der Waals surface area contributed by atoms with E-state index >= 15 is 0 Å². The van der Waals surface area contributed by atoms with Gasteiger partial charge in [-0.05, 0) is 52.7 Å². The highest BCUT2D eigenvalue weighted by molar-refractivity contribution is 9.10. The van der Waals surface area contributed by atoms with Gasteiger partial charge in [-0.15, -0.1) is 0 Å². The molecule has 0 aliphatic carbocycles. The molecule has 0 saturated heterocycles. The highest BCUT2D eigenvalue weighted by atomic mass is 79.9. The molecule has 2 rings (SSSR count). The van der Waals surface area contributed by atoms with Gasteiger partial charge in [0, 0.05) is 10.2 Å². The molecule has 0 atom stereocenters. The van der Waals surface area contributed by atoms with E-state index in [2.05, 4.69) is 21.2 Å². The number of hydrogen-bond acceptors (Lipinski definition) is 2. The summed E-state index contributed by atoms with van der Waals surface area (Å²) in [7, 11) is 0. The zero-order valence-corrected chi connectivity index (χ0v) is 10.9. The summed E-state index contributed by atoms with van der Waals surface area (Å²) in [5.74, 6) is -0.270. The molecular weight excluding hydrogens is 283 g/mol. The van der Waals surface area contributed by atoms with Crippen molar-refractivity contribution >= 4 is 33.0 Å².